The van der Waals surface area contributed by atoms with Gasteiger partial charge in [0.15, 0.2) is 0 Å². The molecule has 2 atom stereocenters. The van der Waals surface area contributed by atoms with E-state index in [1.54, 1.807) is 23.3 Å². The van der Waals surface area contributed by atoms with Crippen LogP contribution in [0, 0.1) is 10.1 Å². The minimum Gasteiger partial charge on any atom is -0.391 e. The van der Waals surface area contributed by atoms with Crippen LogP contribution < -0.4 is 0 Å². The lowest BCUT2D eigenvalue weighted by Gasteiger charge is -2.21. The van der Waals surface area contributed by atoms with Crippen LogP contribution in [0.3, 0.4) is 0 Å². The van der Waals surface area contributed by atoms with Crippen LogP contribution in [0.1, 0.15) is 23.7 Å². The summed E-state index contributed by atoms with van der Waals surface area (Å²) in [7, 11) is 0. The molecular formula is C13H16N2O4S. The van der Waals surface area contributed by atoms with E-state index in [0.29, 0.717) is 11.3 Å². The van der Waals surface area contributed by atoms with E-state index in [1.807, 2.05) is 6.92 Å². The summed E-state index contributed by atoms with van der Waals surface area (Å²) < 4.78 is 0. The van der Waals surface area contributed by atoms with Gasteiger partial charge in [0.25, 0.3) is 11.6 Å². The maximum atomic E-state index is 12.4. The van der Waals surface area contributed by atoms with Crippen LogP contribution in [0.5, 0.6) is 0 Å². The lowest BCUT2D eigenvalue weighted by Crippen LogP contribution is -2.34. The van der Waals surface area contributed by atoms with Crippen LogP contribution in [0.4, 0.5) is 5.69 Å². The molecule has 6 nitrogen and oxygen atoms in total. The lowest BCUT2D eigenvalue weighted by atomic mass is 10.1. The highest BCUT2D eigenvalue weighted by atomic mass is 32.2. The number of benzene rings is 1. The van der Waals surface area contributed by atoms with Crippen molar-refractivity contribution in [2.75, 3.05) is 12.8 Å². The summed E-state index contributed by atoms with van der Waals surface area (Å²) in [5.41, 5.74) is 0.228. The standard InChI is InChI=1S/C13H16N2O4S/c1-8-5-10(16)7-14(8)13(17)9-3-4-12(20-2)11(6-9)15(18)19/h3-4,6,8,10,16H,5,7H2,1-2H3/t8-,10+/m0/s1. The Labute approximate surface area is 120 Å². The predicted octanol–water partition coefficient (Wildman–Crippen LogP) is 1.91. The highest BCUT2D eigenvalue weighted by Gasteiger charge is 2.32. The number of rotatable bonds is 3. The fraction of sp³-hybridized carbons (Fsp3) is 0.462. The topological polar surface area (TPSA) is 83.7 Å². The molecule has 0 spiro atoms. The molecule has 7 heteroatoms. The van der Waals surface area contributed by atoms with Crippen molar-refractivity contribution in [3.05, 3.63) is 33.9 Å². The Morgan fingerprint density at radius 3 is 2.75 bits per heavy atom. The lowest BCUT2D eigenvalue weighted by molar-refractivity contribution is -0.387. The number of carbonyl (C=O) groups is 1. The molecule has 2 rings (SSSR count). The van der Waals surface area contributed by atoms with E-state index in [-0.39, 0.29) is 29.7 Å². The molecule has 1 saturated heterocycles. The molecule has 108 valence electrons. The largest absolute Gasteiger partial charge is 0.391 e. The number of carbonyl (C=O) groups excluding carboxylic acids is 1. The fourth-order valence-electron chi connectivity index (χ4n) is 2.42. The summed E-state index contributed by atoms with van der Waals surface area (Å²) in [6.07, 6.45) is 1.77. The van der Waals surface area contributed by atoms with E-state index in [9.17, 15) is 20.0 Å². The van der Waals surface area contributed by atoms with E-state index in [1.165, 1.54) is 17.8 Å². The van der Waals surface area contributed by atoms with Gasteiger partial charge >= 0.3 is 0 Å². The number of nitro groups is 1. The van der Waals surface area contributed by atoms with Gasteiger partial charge in [0.2, 0.25) is 0 Å². The maximum absolute atomic E-state index is 12.4. The second-order valence-electron chi connectivity index (χ2n) is 4.84. The van der Waals surface area contributed by atoms with Crippen molar-refractivity contribution in [2.24, 2.45) is 0 Å². The normalized spacial score (nSPS) is 22.1. The highest BCUT2D eigenvalue weighted by molar-refractivity contribution is 7.98. The molecule has 1 aliphatic heterocycles. The number of nitro benzene ring substituents is 1. The average Bonchev–Trinajstić information content (AvgIpc) is 2.76. The van der Waals surface area contributed by atoms with E-state index in [4.69, 9.17) is 0 Å². The monoisotopic (exact) mass is 296 g/mol. The highest BCUT2D eigenvalue weighted by Crippen LogP contribution is 2.29. The number of likely N-dealkylation sites (tertiary alicyclic amines) is 1. The summed E-state index contributed by atoms with van der Waals surface area (Å²) in [5, 5.41) is 20.6. The third-order valence-corrected chi connectivity index (χ3v) is 4.22. The molecule has 1 aromatic rings. The van der Waals surface area contributed by atoms with Gasteiger partial charge in [-0.15, -0.1) is 11.8 Å². The first-order valence-corrected chi connectivity index (χ1v) is 7.48. The number of amides is 1. The van der Waals surface area contributed by atoms with Gasteiger partial charge in [0.1, 0.15) is 0 Å². The van der Waals surface area contributed by atoms with Gasteiger partial charge in [-0.1, -0.05) is 0 Å². The first kappa shape index (κ1) is 14.8. The molecule has 1 heterocycles. The van der Waals surface area contributed by atoms with Crippen molar-refractivity contribution >= 4 is 23.4 Å². The van der Waals surface area contributed by atoms with Crippen molar-refractivity contribution in [3.63, 3.8) is 0 Å². The predicted molar refractivity (Wildman–Crippen MR) is 76.0 cm³/mol. The van der Waals surface area contributed by atoms with Gasteiger partial charge in [-0.2, -0.15) is 0 Å². The second-order valence-corrected chi connectivity index (χ2v) is 5.69. The van der Waals surface area contributed by atoms with E-state index in [2.05, 4.69) is 0 Å². The van der Waals surface area contributed by atoms with Gasteiger partial charge in [-0.3, -0.25) is 14.9 Å². The van der Waals surface area contributed by atoms with Crippen LogP contribution in [0.2, 0.25) is 0 Å². The zero-order valence-corrected chi connectivity index (χ0v) is 12.1. The van der Waals surface area contributed by atoms with Crippen molar-refractivity contribution in [2.45, 2.75) is 30.4 Å². The molecule has 0 aromatic heterocycles. The smallest absolute Gasteiger partial charge is 0.283 e. The Kier molecular flexibility index (Phi) is 4.29. The van der Waals surface area contributed by atoms with E-state index < -0.39 is 11.0 Å². The average molecular weight is 296 g/mol. The molecule has 0 unspecified atom stereocenters. The van der Waals surface area contributed by atoms with Gasteiger partial charge < -0.3 is 10.0 Å². The van der Waals surface area contributed by atoms with Crippen molar-refractivity contribution in [1.82, 2.24) is 4.90 Å². The Morgan fingerprint density at radius 2 is 2.25 bits per heavy atom. The Balaban J connectivity index is 2.31. The molecule has 1 amide bonds. The SMILES string of the molecule is CSc1ccc(C(=O)N2C[C@H](O)C[C@@H]2C)cc1[N+](=O)[O-]. The van der Waals surface area contributed by atoms with Crippen LogP contribution >= 0.6 is 11.8 Å². The summed E-state index contributed by atoms with van der Waals surface area (Å²) in [6.45, 7) is 2.14. The first-order chi connectivity index (χ1) is 9.43. The zero-order valence-electron chi connectivity index (χ0n) is 11.3. The molecule has 1 N–H and O–H groups in total. The van der Waals surface area contributed by atoms with Crippen molar-refractivity contribution in [1.29, 1.82) is 0 Å². The third kappa shape index (κ3) is 2.78. The van der Waals surface area contributed by atoms with Crippen LogP contribution in [-0.2, 0) is 0 Å². The number of hydrogen-bond acceptors (Lipinski definition) is 5. The molecule has 1 aromatic carbocycles. The number of β-amino-alcohol motifs (C(OH)–C–C–N with tert-alkyl or cyclic N) is 1. The van der Waals surface area contributed by atoms with Crippen molar-refractivity contribution in [3.8, 4) is 0 Å². The number of aliphatic hydroxyl groups excluding tert-OH is 1. The summed E-state index contributed by atoms with van der Waals surface area (Å²) >= 11 is 1.27. The third-order valence-electron chi connectivity index (χ3n) is 3.44. The maximum Gasteiger partial charge on any atom is 0.283 e. The Hall–Kier alpha value is -1.60. The van der Waals surface area contributed by atoms with Gasteiger partial charge in [0.05, 0.1) is 15.9 Å². The van der Waals surface area contributed by atoms with E-state index in [0.717, 1.165) is 0 Å². The van der Waals surface area contributed by atoms with Crippen LogP contribution in [0.15, 0.2) is 23.1 Å². The summed E-state index contributed by atoms with van der Waals surface area (Å²) in [4.78, 5) is 25.0. The summed E-state index contributed by atoms with van der Waals surface area (Å²) in [6, 6.07) is 4.44. The zero-order chi connectivity index (χ0) is 14.9. The number of hydrogen-bond donors (Lipinski definition) is 1. The molecule has 0 saturated carbocycles. The molecule has 0 aliphatic carbocycles. The first-order valence-electron chi connectivity index (χ1n) is 6.25. The van der Waals surface area contributed by atoms with E-state index >= 15 is 0 Å². The van der Waals surface area contributed by atoms with Gasteiger partial charge in [-0.25, -0.2) is 0 Å². The molecule has 1 aliphatic rings. The van der Waals surface area contributed by atoms with Crippen LogP contribution in [-0.4, -0.2) is 45.8 Å². The molecular weight excluding hydrogens is 280 g/mol. The molecule has 0 radical (unpaired) electrons. The minimum atomic E-state index is -0.519. The van der Waals surface area contributed by atoms with Gasteiger partial charge in [-0.05, 0) is 31.7 Å². The Bertz CT molecular complexity index is 549. The Morgan fingerprint density at radius 1 is 1.55 bits per heavy atom. The van der Waals surface area contributed by atoms with Crippen molar-refractivity contribution < 1.29 is 14.8 Å². The fourth-order valence-corrected chi connectivity index (χ4v) is 2.96. The van der Waals surface area contributed by atoms with Crippen LogP contribution in [0.25, 0.3) is 0 Å². The number of nitrogens with zero attached hydrogens (tertiary/aromatic N) is 2. The minimum absolute atomic E-state index is 0.0585. The van der Waals surface area contributed by atoms with Gasteiger partial charge in [0, 0.05) is 24.2 Å². The quantitative estimate of drug-likeness (QED) is 0.523. The molecule has 20 heavy (non-hydrogen) atoms. The second kappa shape index (κ2) is 5.80. The number of aliphatic hydroxyl groups is 1. The number of thioether (sulfide) groups is 1. The molecule has 1 fully saturated rings. The summed E-state index contributed by atoms with van der Waals surface area (Å²) in [5.74, 6) is -0.273. The molecule has 0 bridgehead atoms.